The molecule has 1 aliphatic carbocycles. The molecule has 1 saturated carbocycles. The lowest BCUT2D eigenvalue weighted by atomic mass is 9.69. The zero-order valence-corrected chi connectivity index (χ0v) is 13.8. The van der Waals surface area contributed by atoms with Crippen LogP contribution >= 0.6 is 0 Å². The highest BCUT2D eigenvalue weighted by atomic mass is 16.3. The molecule has 7 nitrogen and oxygen atoms in total. The molecule has 7 heteroatoms. The Kier molecular flexibility index (Phi) is 9.30. The van der Waals surface area contributed by atoms with Crippen LogP contribution < -0.4 is 5.32 Å². The molecule has 0 saturated heterocycles. The highest BCUT2D eigenvalue weighted by molar-refractivity contribution is 5.01. The topological polar surface area (TPSA) is 144 Å². The highest BCUT2D eigenvalue weighted by Gasteiger charge is 2.48. The summed E-state index contributed by atoms with van der Waals surface area (Å²) in [5.74, 6) is -0.873. The lowest BCUT2D eigenvalue weighted by Crippen LogP contribution is -2.63. The number of nitriles is 3. The van der Waals surface area contributed by atoms with E-state index in [9.17, 15) is 15.3 Å². The molecule has 0 aromatic carbocycles. The molecule has 1 fully saturated rings. The molecule has 0 aromatic heterocycles. The molecular formula is C17H26N4O3. The molecule has 0 aliphatic heterocycles. The lowest BCUT2D eigenvalue weighted by Gasteiger charge is -2.46. The first-order valence-electron chi connectivity index (χ1n) is 8.46. The van der Waals surface area contributed by atoms with E-state index in [0.29, 0.717) is 45.1 Å². The van der Waals surface area contributed by atoms with Gasteiger partial charge in [-0.1, -0.05) is 0 Å². The Hall–Kier alpha value is -1.69. The summed E-state index contributed by atoms with van der Waals surface area (Å²) < 4.78 is 0. The lowest BCUT2D eigenvalue weighted by molar-refractivity contribution is -0.137. The first kappa shape index (κ1) is 20.4. The van der Waals surface area contributed by atoms with Gasteiger partial charge < -0.3 is 20.6 Å². The number of nitrogens with zero attached hydrogens (tertiary/aromatic N) is 3. The summed E-state index contributed by atoms with van der Waals surface area (Å²) >= 11 is 0. The van der Waals surface area contributed by atoms with Gasteiger partial charge in [0.15, 0.2) is 0 Å². The Bertz CT molecular complexity index is 410. The van der Waals surface area contributed by atoms with Crippen molar-refractivity contribution in [3.8, 4) is 18.2 Å². The fraction of sp³-hybridized carbons (Fsp3) is 0.824. The van der Waals surface area contributed by atoms with E-state index in [2.05, 4.69) is 17.5 Å². The van der Waals surface area contributed by atoms with E-state index in [4.69, 9.17) is 15.8 Å². The molecule has 1 rings (SSSR count). The second kappa shape index (κ2) is 11.0. The molecule has 4 N–H and O–H groups in total. The fourth-order valence-corrected chi connectivity index (χ4v) is 3.51. The summed E-state index contributed by atoms with van der Waals surface area (Å²) in [6, 6.07) is 5.48. The number of unbranched alkanes of at least 4 members (excludes halogenated alkanes) is 2. The van der Waals surface area contributed by atoms with Crippen molar-refractivity contribution < 1.29 is 15.3 Å². The van der Waals surface area contributed by atoms with Gasteiger partial charge in [-0.2, -0.15) is 15.8 Å². The summed E-state index contributed by atoms with van der Waals surface area (Å²) in [4.78, 5) is 0. The first-order chi connectivity index (χ1) is 11.6. The minimum atomic E-state index is -0.945. The summed E-state index contributed by atoms with van der Waals surface area (Å²) in [6.07, 6.45) is 0.329. The van der Waals surface area contributed by atoms with Crippen LogP contribution in [0.5, 0.6) is 0 Å². The third kappa shape index (κ3) is 5.44. The number of hydrogen-bond donors (Lipinski definition) is 4. The van der Waals surface area contributed by atoms with E-state index in [1.54, 1.807) is 0 Å². The minimum Gasteiger partial charge on any atom is -0.392 e. The van der Waals surface area contributed by atoms with Crippen molar-refractivity contribution in [2.45, 2.75) is 69.3 Å². The van der Waals surface area contributed by atoms with Crippen molar-refractivity contribution in [1.82, 2.24) is 5.32 Å². The van der Waals surface area contributed by atoms with Crippen molar-refractivity contribution in [3.63, 3.8) is 0 Å². The van der Waals surface area contributed by atoms with Gasteiger partial charge in [0.2, 0.25) is 0 Å². The predicted molar refractivity (Wildman–Crippen MR) is 85.9 cm³/mol. The van der Waals surface area contributed by atoms with Crippen LogP contribution in [0.1, 0.15) is 44.9 Å². The highest BCUT2D eigenvalue weighted by Crippen LogP contribution is 2.36. The molecule has 24 heavy (non-hydrogen) atoms. The normalized spacial score (nSPS) is 32.5. The van der Waals surface area contributed by atoms with Crippen LogP contribution in [0.4, 0.5) is 0 Å². The summed E-state index contributed by atoms with van der Waals surface area (Å²) in [6.45, 7) is 0.348. The van der Waals surface area contributed by atoms with E-state index >= 15 is 0 Å². The minimum absolute atomic E-state index is 0.261. The molecule has 4 unspecified atom stereocenters. The van der Waals surface area contributed by atoms with Gasteiger partial charge in [-0.15, -0.1) is 0 Å². The molecule has 132 valence electrons. The van der Waals surface area contributed by atoms with Crippen molar-refractivity contribution >= 4 is 0 Å². The molecule has 0 radical (unpaired) electrons. The van der Waals surface area contributed by atoms with Gasteiger partial charge in [0.05, 0.1) is 42.6 Å². The zero-order chi connectivity index (χ0) is 17.9. The molecular weight excluding hydrogens is 308 g/mol. The van der Waals surface area contributed by atoms with Crippen LogP contribution in [0.25, 0.3) is 0 Å². The molecule has 0 amide bonds. The maximum Gasteiger partial charge on any atom is 0.0771 e. The van der Waals surface area contributed by atoms with Crippen molar-refractivity contribution in [1.29, 1.82) is 15.8 Å². The average molecular weight is 334 g/mol. The van der Waals surface area contributed by atoms with Crippen LogP contribution in [-0.4, -0.2) is 46.2 Å². The standard InChI is InChI=1S/C17H26N4O3/c18-8-3-1-6-12-15(22)13(7-2-4-9-19)17(24)14(16(12)23)21-11-5-10-20/h12-17,21-24H,1-7,11H2. The number of hydrogen-bond acceptors (Lipinski definition) is 7. The van der Waals surface area contributed by atoms with Gasteiger partial charge in [0.25, 0.3) is 0 Å². The monoisotopic (exact) mass is 334 g/mol. The van der Waals surface area contributed by atoms with Crippen LogP contribution in [0, 0.1) is 45.8 Å². The van der Waals surface area contributed by atoms with E-state index in [-0.39, 0.29) is 6.42 Å². The summed E-state index contributed by atoms with van der Waals surface area (Å²) in [7, 11) is 0. The second-order valence-corrected chi connectivity index (χ2v) is 6.29. The molecule has 0 aromatic rings. The smallest absolute Gasteiger partial charge is 0.0771 e. The van der Waals surface area contributed by atoms with Gasteiger partial charge in [0, 0.05) is 37.6 Å². The molecule has 1 aliphatic rings. The molecule has 0 heterocycles. The van der Waals surface area contributed by atoms with Gasteiger partial charge in [-0.3, -0.25) is 0 Å². The van der Waals surface area contributed by atoms with Crippen LogP contribution in [0.3, 0.4) is 0 Å². The third-order valence-electron chi connectivity index (χ3n) is 4.76. The van der Waals surface area contributed by atoms with Crippen molar-refractivity contribution in [3.05, 3.63) is 0 Å². The maximum atomic E-state index is 10.6. The van der Waals surface area contributed by atoms with Gasteiger partial charge >= 0.3 is 0 Å². The van der Waals surface area contributed by atoms with Gasteiger partial charge in [0.1, 0.15) is 0 Å². The van der Waals surface area contributed by atoms with E-state index in [1.165, 1.54) is 0 Å². The largest absolute Gasteiger partial charge is 0.392 e. The maximum absolute atomic E-state index is 10.6. The number of aliphatic hydroxyl groups excluding tert-OH is 3. The fourth-order valence-electron chi connectivity index (χ4n) is 3.51. The second-order valence-electron chi connectivity index (χ2n) is 6.29. The number of rotatable bonds is 9. The van der Waals surface area contributed by atoms with Crippen molar-refractivity contribution in [2.75, 3.05) is 6.54 Å². The van der Waals surface area contributed by atoms with Gasteiger partial charge in [-0.05, 0) is 25.7 Å². The Morgan fingerprint density at radius 3 is 1.58 bits per heavy atom. The number of nitrogens with one attached hydrogen (secondary N) is 1. The predicted octanol–water partition coefficient (Wildman–Crippen LogP) is 0.575. The number of aliphatic hydroxyl groups is 3. The Morgan fingerprint density at radius 2 is 1.17 bits per heavy atom. The third-order valence-corrected chi connectivity index (χ3v) is 4.76. The van der Waals surface area contributed by atoms with E-state index in [1.807, 2.05) is 6.07 Å². The SMILES string of the molecule is N#CCCCC1C(O)C(CCCC#N)C(O)C(NCCC#N)C1O. The summed E-state index contributed by atoms with van der Waals surface area (Å²) in [5.41, 5.74) is 0. The Morgan fingerprint density at radius 1 is 0.708 bits per heavy atom. The van der Waals surface area contributed by atoms with Crippen LogP contribution in [-0.2, 0) is 0 Å². The molecule has 0 bridgehead atoms. The quantitative estimate of drug-likeness (QED) is 0.451. The first-order valence-corrected chi connectivity index (χ1v) is 8.46. The Labute approximate surface area is 143 Å². The zero-order valence-electron chi connectivity index (χ0n) is 13.8. The van der Waals surface area contributed by atoms with Crippen LogP contribution in [0.15, 0.2) is 0 Å². The van der Waals surface area contributed by atoms with Crippen molar-refractivity contribution in [2.24, 2.45) is 11.8 Å². The average Bonchev–Trinajstić information content (AvgIpc) is 2.57. The Balaban J connectivity index is 2.83. The summed E-state index contributed by atoms with van der Waals surface area (Å²) in [5, 5.41) is 60.7. The molecule has 4 atom stereocenters. The van der Waals surface area contributed by atoms with Gasteiger partial charge in [-0.25, -0.2) is 0 Å². The van der Waals surface area contributed by atoms with E-state index in [0.717, 1.165) is 0 Å². The van der Waals surface area contributed by atoms with E-state index < -0.39 is 36.2 Å². The molecule has 0 spiro atoms. The van der Waals surface area contributed by atoms with Crippen LogP contribution in [0.2, 0.25) is 0 Å².